The topological polar surface area (TPSA) is 55.4 Å². The van der Waals surface area contributed by atoms with Crippen LogP contribution in [0.15, 0.2) is 0 Å². The summed E-state index contributed by atoms with van der Waals surface area (Å²) < 4.78 is 29.7. The van der Waals surface area contributed by atoms with E-state index < -0.39 is 9.84 Å². The van der Waals surface area contributed by atoms with Crippen molar-refractivity contribution in [1.82, 2.24) is 5.32 Å². The van der Waals surface area contributed by atoms with Crippen molar-refractivity contribution < 1.29 is 13.2 Å². The number of sulfone groups is 1. The van der Waals surface area contributed by atoms with Crippen molar-refractivity contribution in [2.45, 2.75) is 68.4 Å². The van der Waals surface area contributed by atoms with Crippen molar-refractivity contribution >= 4 is 9.84 Å². The number of rotatable bonds is 4. The number of nitrogens with one attached hydrogen (secondary N) is 1. The fraction of sp³-hybridized carbons (Fsp3) is 1.00. The van der Waals surface area contributed by atoms with E-state index in [9.17, 15) is 8.42 Å². The zero-order chi connectivity index (χ0) is 14.3. The minimum Gasteiger partial charge on any atom is -0.375 e. The molecule has 0 spiro atoms. The Morgan fingerprint density at radius 2 is 1.95 bits per heavy atom. The van der Waals surface area contributed by atoms with Crippen LogP contribution in [0.3, 0.4) is 0 Å². The van der Waals surface area contributed by atoms with Crippen molar-refractivity contribution in [2.24, 2.45) is 11.8 Å². The molecular formula is C15H27NO3S. The summed E-state index contributed by atoms with van der Waals surface area (Å²) in [6, 6.07) is 0.426. The molecular weight excluding hydrogens is 274 g/mol. The van der Waals surface area contributed by atoms with Gasteiger partial charge in [0.1, 0.15) is 9.84 Å². The van der Waals surface area contributed by atoms with Crippen LogP contribution in [0.2, 0.25) is 0 Å². The zero-order valence-electron chi connectivity index (χ0n) is 12.5. The Labute approximate surface area is 122 Å². The zero-order valence-corrected chi connectivity index (χ0v) is 13.4. The molecule has 0 amide bonds. The van der Waals surface area contributed by atoms with E-state index in [2.05, 4.69) is 5.32 Å². The highest BCUT2D eigenvalue weighted by atomic mass is 32.2. The lowest BCUT2D eigenvalue weighted by Crippen LogP contribution is -2.47. The van der Waals surface area contributed by atoms with Crippen molar-refractivity contribution in [3.63, 3.8) is 0 Å². The van der Waals surface area contributed by atoms with Gasteiger partial charge in [-0.25, -0.2) is 8.42 Å². The summed E-state index contributed by atoms with van der Waals surface area (Å²) in [5.74, 6) is 1.07. The third-order valence-electron chi connectivity index (χ3n) is 5.73. The first-order valence-electron chi connectivity index (χ1n) is 8.00. The van der Waals surface area contributed by atoms with E-state index >= 15 is 0 Å². The number of fused-ring (bicyclic) bond motifs is 2. The van der Waals surface area contributed by atoms with Crippen LogP contribution in [-0.4, -0.2) is 45.2 Å². The van der Waals surface area contributed by atoms with Crippen molar-refractivity contribution in [3.05, 3.63) is 0 Å². The van der Waals surface area contributed by atoms with Crippen LogP contribution in [0.25, 0.3) is 0 Å². The van der Waals surface area contributed by atoms with E-state index in [1.807, 2.05) is 7.05 Å². The van der Waals surface area contributed by atoms with E-state index in [0.29, 0.717) is 30.1 Å². The molecule has 2 saturated heterocycles. The Morgan fingerprint density at radius 1 is 1.15 bits per heavy atom. The molecule has 0 aromatic rings. The lowest BCUT2D eigenvalue weighted by atomic mass is 9.73. The second kappa shape index (κ2) is 5.58. The Morgan fingerprint density at radius 3 is 2.50 bits per heavy atom. The monoisotopic (exact) mass is 301 g/mol. The average Bonchev–Trinajstić information content (AvgIpc) is 3.02. The molecule has 0 aromatic carbocycles. The molecule has 6 atom stereocenters. The summed E-state index contributed by atoms with van der Waals surface area (Å²) in [5.41, 5.74) is 0. The van der Waals surface area contributed by atoms with E-state index in [4.69, 9.17) is 4.74 Å². The van der Waals surface area contributed by atoms with E-state index in [0.717, 1.165) is 32.1 Å². The fourth-order valence-electron chi connectivity index (χ4n) is 4.75. The Kier molecular flexibility index (Phi) is 4.13. The number of hydrogen-bond acceptors (Lipinski definition) is 4. The Balaban J connectivity index is 1.70. The summed E-state index contributed by atoms with van der Waals surface area (Å²) in [6.07, 6.45) is 9.73. The molecule has 2 heterocycles. The maximum absolute atomic E-state index is 11.8. The average molecular weight is 301 g/mol. The van der Waals surface area contributed by atoms with Crippen LogP contribution in [0.5, 0.6) is 0 Å². The van der Waals surface area contributed by atoms with Crippen LogP contribution < -0.4 is 5.32 Å². The van der Waals surface area contributed by atoms with Crippen LogP contribution in [0.4, 0.5) is 0 Å². The number of ether oxygens (including phenoxy) is 1. The van der Waals surface area contributed by atoms with Gasteiger partial charge in [0.25, 0.3) is 0 Å². The molecule has 1 saturated carbocycles. The minimum atomic E-state index is -2.89. The molecule has 3 aliphatic rings. The summed E-state index contributed by atoms with van der Waals surface area (Å²) in [6.45, 7) is 0. The van der Waals surface area contributed by atoms with Crippen LogP contribution in [-0.2, 0) is 14.6 Å². The minimum absolute atomic E-state index is 0.128. The number of hydrogen-bond donors (Lipinski definition) is 1. The molecule has 20 heavy (non-hydrogen) atoms. The SMILES string of the molecule is CNC(C1CCCC(S(C)(=O)=O)C1)C1CC2CCC1O2. The first-order valence-corrected chi connectivity index (χ1v) is 9.96. The maximum atomic E-state index is 11.8. The third-order valence-corrected chi connectivity index (χ3v) is 7.37. The molecule has 2 aliphatic heterocycles. The summed E-state index contributed by atoms with van der Waals surface area (Å²) in [4.78, 5) is 0. The van der Waals surface area contributed by atoms with E-state index in [-0.39, 0.29) is 5.25 Å². The fourth-order valence-corrected chi connectivity index (χ4v) is 5.94. The molecule has 3 rings (SSSR count). The van der Waals surface area contributed by atoms with Gasteiger partial charge in [-0.05, 0) is 51.5 Å². The van der Waals surface area contributed by atoms with Gasteiger partial charge in [0.2, 0.25) is 0 Å². The van der Waals surface area contributed by atoms with Gasteiger partial charge in [0.05, 0.1) is 17.5 Å². The second-order valence-corrected chi connectivity index (χ2v) is 9.29. The molecule has 3 fully saturated rings. The molecule has 116 valence electrons. The van der Waals surface area contributed by atoms with Gasteiger partial charge in [0.15, 0.2) is 0 Å². The quantitative estimate of drug-likeness (QED) is 0.859. The van der Waals surface area contributed by atoms with Gasteiger partial charge in [-0.1, -0.05) is 6.42 Å². The predicted molar refractivity (Wildman–Crippen MR) is 79.4 cm³/mol. The molecule has 1 aliphatic carbocycles. The van der Waals surface area contributed by atoms with E-state index in [1.165, 1.54) is 19.1 Å². The third kappa shape index (κ3) is 2.77. The molecule has 0 radical (unpaired) electrons. The molecule has 0 aromatic heterocycles. The predicted octanol–water partition coefficient (Wildman–Crippen LogP) is 1.75. The van der Waals surface area contributed by atoms with Gasteiger partial charge < -0.3 is 10.1 Å². The Bertz CT molecular complexity index is 450. The van der Waals surface area contributed by atoms with Gasteiger partial charge >= 0.3 is 0 Å². The second-order valence-electron chi connectivity index (χ2n) is 6.97. The highest BCUT2D eigenvalue weighted by molar-refractivity contribution is 7.91. The molecule has 1 N–H and O–H groups in total. The molecule has 5 heteroatoms. The van der Waals surface area contributed by atoms with Crippen LogP contribution >= 0.6 is 0 Å². The van der Waals surface area contributed by atoms with Gasteiger partial charge in [-0.2, -0.15) is 0 Å². The largest absolute Gasteiger partial charge is 0.375 e. The van der Waals surface area contributed by atoms with Gasteiger partial charge in [-0.15, -0.1) is 0 Å². The first-order chi connectivity index (χ1) is 9.49. The Hall–Kier alpha value is -0.130. The molecule has 2 bridgehead atoms. The highest BCUT2D eigenvalue weighted by Gasteiger charge is 2.46. The summed E-state index contributed by atoms with van der Waals surface area (Å²) in [5, 5.41) is 3.37. The smallest absolute Gasteiger partial charge is 0.150 e. The summed E-state index contributed by atoms with van der Waals surface area (Å²) in [7, 11) is -0.865. The standard InChI is InChI=1S/C15H27NO3S/c1-16-15(13-9-11-6-7-14(13)19-11)10-4-3-5-12(8-10)20(2,17)18/h10-16H,3-9H2,1-2H3. The van der Waals surface area contributed by atoms with Crippen LogP contribution in [0, 0.1) is 11.8 Å². The lowest BCUT2D eigenvalue weighted by molar-refractivity contribution is 0.0771. The van der Waals surface area contributed by atoms with Crippen LogP contribution in [0.1, 0.15) is 44.9 Å². The van der Waals surface area contributed by atoms with Crippen molar-refractivity contribution in [1.29, 1.82) is 0 Å². The first kappa shape index (κ1) is 14.8. The lowest BCUT2D eigenvalue weighted by Gasteiger charge is -2.38. The van der Waals surface area contributed by atoms with Gasteiger partial charge in [0, 0.05) is 18.2 Å². The van der Waals surface area contributed by atoms with Gasteiger partial charge in [-0.3, -0.25) is 0 Å². The van der Waals surface area contributed by atoms with E-state index in [1.54, 1.807) is 0 Å². The van der Waals surface area contributed by atoms with Crippen molar-refractivity contribution in [2.75, 3.05) is 13.3 Å². The normalized spacial score (nSPS) is 42.8. The summed E-state index contributed by atoms with van der Waals surface area (Å²) >= 11 is 0. The molecule has 4 nitrogen and oxygen atoms in total. The highest BCUT2D eigenvalue weighted by Crippen LogP contribution is 2.44. The van der Waals surface area contributed by atoms with Crippen molar-refractivity contribution in [3.8, 4) is 0 Å². The maximum Gasteiger partial charge on any atom is 0.150 e. The molecule has 6 unspecified atom stereocenters.